The standard InChI is InChI=1S/C18H17Cl2N3O3S/c1-12(8-9-21)23(2)18(24)13-4-3-5-15(10-13)22-27(25,26)17-11-14(19)6-7-16(17)20/h3-7,10-12,22H,8H2,1-2H3. The minimum Gasteiger partial charge on any atom is -0.338 e. The van der Waals surface area contributed by atoms with Gasteiger partial charge in [-0.05, 0) is 43.3 Å². The van der Waals surface area contributed by atoms with Crippen molar-refractivity contribution in [3.05, 3.63) is 58.1 Å². The number of sulfonamides is 1. The highest BCUT2D eigenvalue weighted by molar-refractivity contribution is 7.92. The van der Waals surface area contributed by atoms with Crippen LogP contribution in [-0.4, -0.2) is 32.3 Å². The average molecular weight is 426 g/mol. The van der Waals surface area contributed by atoms with Crippen molar-refractivity contribution in [2.24, 2.45) is 0 Å². The number of hydrogen-bond donors (Lipinski definition) is 1. The summed E-state index contributed by atoms with van der Waals surface area (Å²) in [5.41, 5.74) is 0.498. The van der Waals surface area contributed by atoms with Gasteiger partial charge < -0.3 is 4.90 Å². The summed E-state index contributed by atoms with van der Waals surface area (Å²) in [6.07, 6.45) is 0.196. The number of halogens is 2. The fraction of sp³-hybridized carbons (Fsp3) is 0.222. The first-order valence-corrected chi connectivity index (χ1v) is 10.1. The van der Waals surface area contributed by atoms with Crippen molar-refractivity contribution in [2.45, 2.75) is 24.3 Å². The van der Waals surface area contributed by atoms with E-state index in [9.17, 15) is 13.2 Å². The third kappa shape index (κ3) is 5.13. The number of carbonyl (C=O) groups excluding carboxylic acids is 1. The van der Waals surface area contributed by atoms with Crippen LogP contribution in [0, 0.1) is 11.3 Å². The molecule has 2 rings (SSSR count). The minimum atomic E-state index is -3.99. The first-order chi connectivity index (χ1) is 12.7. The van der Waals surface area contributed by atoms with Crippen molar-refractivity contribution >= 4 is 44.8 Å². The van der Waals surface area contributed by atoms with Gasteiger partial charge in [0.15, 0.2) is 0 Å². The summed E-state index contributed by atoms with van der Waals surface area (Å²) >= 11 is 11.8. The summed E-state index contributed by atoms with van der Waals surface area (Å²) in [6, 6.07) is 12.0. The Morgan fingerprint density at radius 1 is 1.26 bits per heavy atom. The van der Waals surface area contributed by atoms with Crippen molar-refractivity contribution < 1.29 is 13.2 Å². The van der Waals surface area contributed by atoms with E-state index in [0.29, 0.717) is 5.56 Å². The normalized spacial score (nSPS) is 12.1. The van der Waals surface area contributed by atoms with E-state index in [2.05, 4.69) is 4.72 Å². The lowest BCUT2D eigenvalue weighted by atomic mass is 10.1. The van der Waals surface area contributed by atoms with Crippen LogP contribution in [0.2, 0.25) is 10.0 Å². The Balaban J connectivity index is 2.29. The third-order valence-electron chi connectivity index (χ3n) is 3.91. The number of nitrogens with zero attached hydrogens (tertiary/aromatic N) is 2. The number of nitrogens with one attached hydrogen (secondary N) is 1. The van der Waals surface area contributed by atoms with Gasteiger partial charge in [-0.2, -0.15) is 5.26 Å². The second kappa shape index (κ2) is 8.61. The second-order valence-corrected chi connectivity index (χ2v) is 8.38. The van der Waals surface area contributed by atoms with E-state index in [4.69, 9.17) is 28.5 Å². The number of benzene rings is 2. The molecule has 0 aliphatic rings. The zero-order chi connectivity index (χ0) is 20.2. The van der Waals surface area contributed by atoms with Crippen LogP contribution >= 0.6 is 23.2 Å². The van der Waals surface area contributed by atoms with E-state index in [1.165, 1.54) is 35.2 Å². The van der Waals surface area contributed by atoms with Gasteiger partial charge in [0.25, 0.3) is 15.9 Å². The Bertz CT molecular complexity index is 1000. The van der Waals surface area contributed by atoms with Crippen LogP contribution in [0.1, 0.15) is 23.7 Å². The molecule has 0 aromatic heterocycles. The average Bonchev–Trinajstić information content (AvgIpc) is 2.62. The number of nitriles is 1. The summed E-state index contributed by atoms with van der Waals surface area (Å²) in [6.45, 7) is 1.76. The second-order valence-electron chi connectivity index (χ2n) is 5.89. The Morgan fingerprint density at radius 3 is 2.63 bits per heavy atom. The fourth-order valence-electron chi connectivity index (χ4n) is 2.28. The van der Waals surface area contributed by atoms with Gasteiger partial charge in [-0.15, -0.1) is 0 Å². The number of amides is 1. The van der Waals surface area contributed by atoms with Crippen LogP contribution in [0.5, 0.6) is 0 Å². The molecule has 0 radical (unpaired) electrons. The molecule has 0 heterocycles. The molecule has 6 nitrogen and oxygen atoms in total. The van der Waals surface area contributed by atoms with E-state index >= 15 is 0 Å². The number of anilines is 1. The fourth-order valence-corrected chi connectivity index (χ4v) is 4.09. The number of rotatable bonds is 6. The van der Waals surface area contributed by atoms with Crippen molar-refractivity contribution in [3.8, 4) is 6.07 Å². The zero-order valence-electron chi connectivity index (χ0n) is 14.6. The third-order valence-corrected chi connectivity index (χ3v) is 6.01. The lowest BCUT2D eigenvalue weighted by molar-refractivity contribution is 0.0746. The lowest BCUT2D eigenvalue weighted by Gasteiger charge is -2.23. The quantitative estimate of drug-likeness (QED) is 0.751. The van der Waals surface area contributed by atoms with Gasteiger partial charge in [-0.3, -0.25) is 9.52 Å². The van der Waals surface area contributed by atoms with Crippen LogP contribution < -0.4 is 4.72 Å². The Hall–Kier alpha value is -2.27. The molecule has 0 fully saturated rings. The molecule has 27 heavy (non-hydrogen) atoms. The highest BCUT2D eigenvalue weighted by atomic mass is 35.5. The van der Waals surface area contributed by atoms with Gasteiger partial charge in [-0.1, -0.05) is 29.3 Å². The smallest absolute Gasteiger partial charge is 0.263 e. The molecule has 2 aromatic carbocycles. The first-order valence-electron chi connectivity index (χ1n) is 7.87. The van der Waals surface area contributed by atoms with Gasteiger partial charge >= 0.3 is 0 Å². The van der Waals surface area contributed by atoms with Crippen LogP contribution in [0.4, 0.5) is 5.69 Å². The maximum Gasteiger partial charge on any atom is 0.263 e. The molecular weight excluding hydrogens is 409 g/mol. The molecule has 9 heteroatoms. The van der Waals surface area contributed by atoms with Crippen molar-refractivity contribution in [3.63, 3.8) is 0 Å². The molecule has 142 valence electrons. The minimum absolute atomic E-state index is 0.0317. The van der Waals surface area contributed by atoms with E-state index < -0.39 is 10.0 Å². The highest BCUT2D eigenvalue weighted by Crippen LogP contribution is 2.27. The summed E-state index contributed by atoms with van der Waals surface area (Å²) in [5, 5.41) is 9.04. The molecule has 0 spiro atoms. The van der Waals surface area contributed by atoms with Crippen molar-refractivity contribution in [2.75, 3.05) is 11.8 Å². The van der Waals surface area contributed by atoms with E-state index in [1.807, 2.05) is 6.07 Å². The predicted octanol–water partition coefficient (Wildman–Crippen LogP) is 4.17. The largest absolute Gasteiger partial charge is 0.338 e. The molecule has 0 bridgehead atoms. The molecule has 2 aromatic rings. The molecule has 0 saturated carbocycles. The summed E-state index contributed by atoms with van der Waals surface area (Å²) in [4.78, 5) is 13.8. The lowest BCUT2D eigenvalue weighted by Crippen LogP contribution is -2.34. The predicted molar refractivity (Wildman–Crippen MR) is 105 cm³/mol. The Morgan fingerprint density at radius 2 is 1.96 bits per heavy atom. The van der Waals surface area contributed by atoms with Crippen LogP contribution in [-0.2, 0) is 10.0 Å². The molecular formula is C18H17Cl2N3O3S. The van der Waals surface area contributed by atoms with Gasteiger partial charge in [0.05, 0.1) is 17.5 Å². The molecule has 1 N–H and O–H groups in total. The molecule has 1 atom stereocenters. The topological polar surface area (TPSA) is 90.3 Å². The van der Waals surface area contributed by atoms with Crippen LogP contribution in [0.25, 0.3) is 0 Å². The molecule has 0 saturated heterocycles. The van der Waals surface area contributed by atoms with E-state index in [0.717, 1.165) is 0 Å². The summed E-state index contributed by atoms with van der Waals surface area (Å²) in [7, 11) is -2.40. The SMILES string of the molecule is CC(CC#N)N(C)C(=O)c1cccc(NS(=O)(=O)c2cc(Cl)ccc2Cl)c1. The van der Waals surface area contributed by atoms with Gasteiger partial charge in [0.2, 0.25) is 0 Å². The van der Waals surface area contributed by atoms with Crippen LogP contribution in [0.15, 0.2) is 47.4 Å². The maximum absolute atomic E-state index is 12.6. The first kappa shape index (κ1) is 21.0. The van der Waals surface area contributed by atoms with E-state index in [-0.39, 0.29) is 39.0 Å². The van der Waals surface area contributed by atoms with Gasteiger partial charge in [0.1, 0.15) is 4.90 Å². The van der Waals surface area contributed by atoms with Crippen molar-refractivity contribution in [1.82, 2.24) is 4.90 Å². The van der Waals surface area contributed by atoms with Gasteiger partial charge in [-0.25, -0.2) is 8.42 Å². The van der Waals surface area contributed by atoms with Crippen molar-refractivity contribution in [1.29, 1.82) is 5.26 Å². The van der Waals surface area contributed by atoms with E-state index in [1.54, 1.807) is 26.1 Å². The summed E-state index contributed by atoms with van der Waals surface area (Å²) in [5.74, 6) is -0.320. The molecule has 1 unspecified atom stereocenters. The highest BCUT2D eigenvalue weighted by Gasteiger charge is 2.21. The maximum atomic E-state index is 12.6. The Kier molecular flexibility index (Phi) is 6.71. The molecule has 0 aliphatic heterocycles. The van der Waals surface area contributed by atoms with Gasteiger partial charge in [0, 0.05) is 29.4 Å². The monoisotopic (exact) mass is 425 g/mol. The summed E-state index contributed by atoms with van der Waals surface area (Å²) < 4.78 is 27.6. The zero-order valence-corrected chi connectivity index (χ0v) is 16.9. The number of carbonyl (C=O) groups is 1. The number of hydrogen-bond acceptors (Lipinski definition) is 4. The Labute approximate surface area is 168 Å². The molecule has 0 aliphatic carbocycles. The van der Waals surface area contributed by atoms with Crippen LogP contribution in [0.3, 0.4) is 0 Å². The molecule has 1 amide bonds.